The molecular weight excluding hydrogens is 256 g/mol. The molecule has 0 heterocycles. The van der Waals surface area contributed by atoms with Gasteiger partial charge in [-0.15, -0.1) is 0 Å². The van der Waals surface area contributed by atoms with Gasteiger partial charge in [-0.25, -0.2) is 4.79 Å². The molecule has 1 atom stereocenters. The second kappa shape index (κ2) is 6.64. The quantitative estimate of drug-likeness (QED) is 0.828. The van der Waals surface area contributed by atoms with Crippen LogP contribution in [0, 0.1) is 11.3 Å². The molecule has 0 aliphatic carbocycles. The van der Waals surface area contributed by atoms with E-state index in [1.165, 1.54) is 12.1 Å². The molecule has 4 nitrogen and oxygen atoms in total. The van der Waals surface area contributed by atoms with Gasteiger partial charge in [-0.1, -0.05) is 27.7 Å². The van der Waals surface area contributed by atoms with Crippen molar-refractivity contribution in [2.75, 3.05) is 6.61 Å². The van der Waals surface area contributed by atoms with E-state index in [0.29, 0.717) is 23.7 Å². The van der Waals surface area contributed by atoms with Gasteiger partial charge in [0, 0.05) is 0 Å². The zero-order chi connectivity index (χ0) is 15.3. The van der Waals surface area contributed by atoms with E-state index >= 15 is 0 Å². The van der Waals surface area contributed by atoms with E-state index < -0.39 is 5.97 Å². The molecule has 1 aromatic carbocycles. The lowest BCUT2D eigenvalue weighted by molar-refractivity contribution is 0.0693. The van der Waals surface area contributed by atoms with Crippen molar-refractivity contribution in [3.05, 3.63) is 23.8 Å². The monoisotopic (exact) mass is 280 g/mol. The SMILES string of the molecule is CC(CCOc1ccc(O)c(C(=O)O)c1)CC(C)(C)C. The van der Waals surface area contributed by atoms with Crippen LogP contribution in [-0.2, 0) is 0 Å². The summed E-state index contributed by atoms with van der Waals surface area (Å²) in [4.78, 5) is 10.9. The van der Waals surface area contributed by atoms with E-state index in [1.807, 2.05) is 0 Å². The molecule has 0 fully saturated rings. The van der Waals surface area contributed by atoms with Crippen LogP contribution < -0.4 is 4.74 Å². The lowest BCUT2D eigenvalue weighted by Crippen LogP contribution is -2.13. The molecule has 20 heavy (non-hydrogen) atoms. The highest BCUT2D eigenvalue weighted by atomic mass is 16.5. The number of carboxylic acids is 1. The zero-order valence-electron chi connectivity index (χ0n) is 12.6. The summed E-state index contributed by atoms with van der Waals surface area (Å²) in [5.41, 5.74) is 0.166. The smallest absolute Gasteiger partial charge is 0.339 e. The lowest BCUT2D eigenvalue weighted by atomic mass is 9.84. The first kappa shape index (κ1) is 16.3. The van der Waals surface area contributed by atoms with Gasteiger partial charge in [-0.2, -0.15) is 0 Å². The van der Waals surface area contributed by atoms with Crippen molar-refractivity contribution < 1.29 is 19.7 Å². The number of hydrogen-bond donors (Lipinski definition) is 2. The van der Waals surface area contributed by atoms with Gasteiger partial charge in [-0.3, -0.25) is 0 Å². The number of rotatable bonds is 6. The number of phenols is 1. The van der Waals surface area contributed by atoms with Crippen LogP contribution in [0.1, 0.15) is 50.9 Å². The number of aromatic hydroxyl groups is 1. The molecule has 1 rings (SSSR count). The molecule has 112 valence electrons. The van der Waals surface area contributed by atoms with Crippen LogP contribution in [-0.4, -0.2) is 22.8 Å². The van der Waals surface area contributed by atoms with Gasteiger partial charge in [0.25, 0.3) is 0 Å². The highest BCUT2D eigenvalue weighted by Crippen LogP contribution is 2.27. The fourth-order valence-corrected chi connectivity index (χ4v) is 2.30. The van der Waals surface area contributed by atoms with Gasteiger partial charge in [0.2, 0.25) is 0 Å². The summed E-state index contributed by atoms with van der Waals surface area (Å²) in [5.74, 6) is -0.380. The van der Waals surface area contributed by atoms with E-state index in [9.17, 15) is 9.90 Å². The average Bonchev–Trinajstić information content (AvgIpc) is 2.28. The Balaban J connectivity index is 2.50. The maximum atomic E-state index is 10.9. The Morgan fingerprint density at radius 3 is 2.55 bits per heavy atom. The summed E-state index contributed by atoms with van der Waals surface area (Å²) in [7, 11) is 0. The molecule has 1 aromatic rings. The number of ether oxygens (including phenoxy) is 1. The van der Waals surface area contributed by atoms with Crippen molar-refractivity contribution in [2.24, 2.45) is 11.3 Å². The Hall–Kier alpha value is -1.71. The first-order valence-electron chi connectivity index (χ1n) is 6.88. The number of carboxylic acid groups (broad SMARTS) is 1. The summed E-state index contributed by atoms with van der Waals surface area (Å²) >= 11 is 0. The largest absolute Gasteiger partial charge is 0.507 e. The molecule has 0 radical (unpaired) electrons. The van der Waals surface area contributed by atoms with Crippen molar-refractivity contribution >= 4 is 5.97 Å². The second-order valence-corrected chi connectivity index (χ2v) is 6.49. The van der Waals surface area contributed by atoms with Crippen LogP contribution in [0.15, 0.2) is 18.2 Å². The number of benzene rings is 1. The maximum Gasteiger partial charge on any atom is 0.339 e. The molecule has 0 amide bonds. The molecule has 4 heteroatoms. The Bertz CT molecular complexity index is 460. The molecule has 0 bridgehead atoms. The number of hydrogen-bond acceptors (Lipinski definition) is 3. The van der Waals surface area contributed by atoms with Crippen LogP contribution in [0.4, 0.5) is 0 Å². The van der Waals surface area contributed by atoms with Crippen LogP contribution in [0.25, 0.3) is 0 Å². The Morgan fingerprint density at radius 1 is 1.35 bits per heavy atom. The molecule has 0 saturated heterocycles. The fourth-order valence-electron chi connectivity index (χ4n) is 2.30. The fraction of sp³-hybridized carbons (Fsp3) is 0.562. The molecule has 0 aliphatic rings. The average molecular weight is 280 g/mol. The molecule has 0 aromatic heterocycles. The van der Waals surface area contributed by atoms with Crippen LogP contribution in [0.5, 0.6) is 11.5 Å². The summed E-state index contributed by atoms with van der Waals surface area (Å²) in [6.45, 7) is 9.37. The lowest BCUT2D eigenvalue weighted by Gasteiger charge is -2.23. The second-order valence-electron chi connectivity index (χ2n) is 6.49. The number of carbonyl (C=O) groups is 1. The summed E-state index contributed by atoms with van der Waals surface area (Å²) in [6, 6.07) is 4.28. The van der Waals surface area contributed by atoms with E-state index in [1.54, 1.807) is 6.07 Å². The van der Waals surface area contributed by atoms with E-state index in [0.717, 1.165) is 12.8 Å². The molecule has 0 aliphatic heterocycles. The molecular formula is C16H24O4. The van der Waals surface area contributed by atoms with Gasteiger partial charge in [-0.05, 0) is 42.4 Å². The van der Waals surface area contributed by atoms with Crippen molar-refractivity contribution in [3.8, 4) is 11.5 Å². The normalized spacial score (nSPS) is 13.0. The van der Waals surface area contributed by atoms with Crippen LogP contribution in [0.3, 0.4) is 0 Å². The summed E-state index contributed by atoms with van der Waals surface area (Å²) in [6.07, 6.45) is 2.03. The van der Waals surface area contributed by atoms with Gasteiger partial charge < -0.3 is 14.9 Å². The molecule has 0 saturated carbocycles. The van der Waals surface area contributed by atoms with E-state index in [4.69, 9.17) is 9.84 Å². The topological polar surface area (TPSA) is 66.8 Å². The Labute approximate surface area is 120 Å². The minimum atomic E-state index is -1.16. The third-order valence-electron chi connectivity index (χ3n) is 3.04. The van der Waals surface area contributed by atoms with Gasteiger partial charge >= 0.3 is 5.97 Å². The summed E-state index contributed by atoms with van der Waals surface area (Å²) < 4.78 is 5.56. The summed E-state index contributed by atoms with van der Waals surface area (Å²) in [5, 5.41) is 18.3. The highest BCUT2D eigenvalue weighted by Gasteiger charge is 2.15. The minimum Gasteiger partial charge on any atom is -0.507 e. The molecule has 2 N–H and O–H groups in total. The third kappa shape index (κ3) is 5.51. The Kier molecular flexibility index (Phi) is 5.43. The molecule has 0 spiro atoms. The zero-order valence-corrected chi connectivity index (χ0v) is 12.6. The van der Waals surface area contributed by atoms with Gasteiger partial charge in [0.15, 0.2) is 0 Å². The van der Waals surface area contributed by atoms with Crippen molar-refractivity contribution in [1.29, 1.82) is 0 Å². The van der Waals surface area contributed by atoms with Crippen LogP contribution in [0.2, 0.25) is 0 Å². The minimum absolute atomic E-state index is 0.134. The predicted octanol–water partition coefficient (Wildman–Crippen LogP) is 3.93. The van der Waals surface area contributed by atoms with Gasteiger partial charge in [0.05, 0.1) is 6.61 Å². The third-order valence-corrected chi connectivity index (χ3v) is 3.04. The van der Waals surface area contributed by atoms with Crippen molar-refractivity contribution in [2.45, 2.75) is 40.5 Å². The van der Waals surface area contributed by atoms with Crippen LogP contribution >= 0.6 is 0 Å². The predicted molar refractivity (Wildman–Crippen MR) is 78.4 cm³/mol. The molecule has 1 unspecified atom stereocenters. The van der Waals surface area contributed by atoms with Crippen molar-refractivity contribution in [3.63, 3.8) is 0 Å². The first-order chi connectivity index (χ1) is 9.19. The number of aromatic carboxylic acids is 1. The van der Waals surface area contributed by atoms with E-state index in [-0.39, 0.29) is 11.3 Å². The highest BCUT2D eigenvalue weighted by molar-refractivity contribution is 5.91. The van der Waals surface area contributed by atoms with E-state index in [2.05, 4.69) is 27.7 Å². The van der Waals surface area contributed by atoms with Crippen molar-refractivity contribution in [1.82, 2.24) is 0 Å². The standard InChI is InChI=1S/C16H24O4/c1-11(10-16(2,3)4)7-8-20-12-5-6-14(17)13(9-12)15(18)19/h5-6,9,11,17H,7-8,10H2,1-4H3,(H,18,19). The van der Waals surface area contributed by atoms with Gasteiger partial charge in [0.1, 0.15) is 17.1 Å². The maximum absolute atomic E-state index is 10.9. The first-order valence-corrected chi connectivity index (χ1v) is 6.88. The Morgan fingerprint density at radius 2 is 2.00 bits per heavy atom.